The van der Waals surface area contributed by atoms with Crippen molar-refractivity contribution in [3.63, 3.8) is 0 Å². The highest BCUT2D eigenvalue weighted by atomic mass is 16.5. The Balaban J connectivity index is 1.03. The van der Waals surface area contributed by atoms with Crippen molar-refractivity contribution in [2.45, 2.75) is 31.8 Å². The number of nitrogens with two attached hydrogens (primary N) is 1. The van der Waals surface area contributed by atoms with E-state index in [2.05, 4.69) is 51.4 Å². The van der Waals surface area contributed by atoms with Crippen molar-refractivity contribution >= 4 is 16.8 Å². The summed E-state index contributed by atoms with van der Waals surface area (Å²) >= 11 is 0. The average Bonchev–Trinajstić information content (AvgIpc) is 3.36. The molecule has 2 atom stereocenters. The summed E-state index contributed by atoms with van der Waals surface area (Å²) in [4.78, 5) is 9.78. The third-order valence-corrected chi connectivity index (χ3v) is 7.52. The molecule has 0 spiro atoms. The van der Waals surface area contributed by atoms with Crippen LogP contribution in [0.5, 0.6) is 5.88 Å². The first kappa shape index (κ1) is 23.0. The van der Waals surface area contributed by atoms with Crippen LogP contribution in [0.15, 0.2) is 71.3 Å². The summed E-state index contributed by atoms with van der Waals surface area (Å²) in [5.74, 6) is 2.22. The Bertz CT molecular complexity index is 1320. The lowest BCUT2D eigenvalue weighted by Gasteiger charge is -2.46. The second-order valence-electron chi connectivity index (χ2n) is 10.0. The Hall–Kier alpha value is -3.42. The maximum absolute atomic E-state index is 6.19. The van der Waals surface area contributed by atoms with Crippen molar-refractivity contribution in [2.75, 3.05) is 37.7 Å². The van der Waals surface area contributed by atoms with Crippen LogP contribution in [0, 0.1) is 5.92 Å². The molecule has 6 rings (SSSR count). The van der Waals surface area contributed by atoms with Gasteiger partial charge in [-0.2, -0.15) is 0 Å². The van der Waals surface area contributed by atoms with Crippen LogP contribution in [0.25, 0.3) is 11.0 Å². The van der Waals surface area contributed by atoms with Crippen molar-refractivity contribution in [3.05, 3.63) is 83.6 Å². The molecule has 0 bridgehead atoms. The van der Waals surface area contributed by atoms with Gasteiger partial charge in [-0.15, -0.1) is 0 Å². The van der Waals surface area contributed by atoms with E-state index < -0.39 is 0 Å². The number of fused-ring (bicyclic) bond motifs is 2. The third-order valence-electron chi connectivity index (χ3n) is 7.52. The minimum absolute atomic E-state index is 0.521. The molecule has 0 aliphatic carbocycles. The molecule has 2 aromatic heterocycles. The van der Waals surface area contributed by atoms with E-state index in [9.17, 15) is 0 Å². The lowest BCUT2D eigenvalue weighted by molar-refractivity contribution is 0.0716. The van der Waals surface area contributed by atoms with E-state index in [1.54, 1.807) is 0 Å². The van der Waals surface area contributed by atoms with Gasteiger partial charge in [0.15, 0.2) is 11.4 Å². The number of piperidine rings is 1. The Kier molecular flexibility index (Phi) is 6.57. The molecule has 7 nitrogen and oxygen atoms in total. The summed E-state index contributed by atoms with van der Waals surface area (Å²) in [7, 11) is 0. The van der Waals surface area contributed by atoms with Gasteiger partial charge < -0.3 is 19.9 Å². The molecule has 2 aliphatic rings. The number of hydrogen-bond acceptors (Lipinski definition) is 7. The number of hydrogen-bond donors (Lipinski definition) is 1. The highest BCUT2D eigenvalue weighted by Crippen LogP contribution is 2.31. The number of rotatable bonds is 7. The van der Waals surface area contributed by atoms with Gasteiger partial charge in [0.2, 0.25) is 5.88 Å². The standard InChI is InChI=1S/C29H33N5O2/c30-17-22-6-3-5-21(15-22)16-24-7-4-10-28(31-24)35-20-23-11-12-25-19-34(14-13-33(25)18-23)29-26-8-1-2-9-27(26)36-32-29/h1-10,15,23,25H,11-14,16-20,30H2. The maximum atomic E-state index is 6.19. The van der Waals surface area contributed by atoms with Gasteiger partial charge in [-0.05, 0) is 42.2 Å². The molecule has 4 aromatic rings. The summed E-state index contributed by atoms with van der Waals surface area (Å²) in [5, 5.41) is 5.48. The minimum Gasteiger partial charge on any atom is -0.477 e. The molecule has 2 N–H and O–H groups in total. The van der Waals surface area contributed by atoms with Crippen LogP contribution in [0.1, 0.15) is 29.7 Å². The van der Waals surface area contributed by atoms with Gasteiger partial charge in [0.05, 0.1) is 12.0 Å². The normalized spacial score (nSPS) is 20.4. The van der Waals surface area contributed by atoms with Crippen molar-refractivity contribution in [1.82, 2.24) is 15.0 Å². The Labute approximate surface area is 211 Å². The van der Waals surface area contributed by atoms with Crippen LogP contribution < -0.4 is 15.4 Å². The highest BCUT2D eigenvalue weighted by molar-refractivity contribution is 5.88. The van der Waals surface area contributed by atoms with Crippen molar-refractivity contribution in [1.29, 1.82) is 0 Å². The summed E-state index contributed by atoms with van der Waals surface area (Å²) in [6, 6.07) is 23.1. The minimum atomic E-state index is 0.521. The molecule has 0 radical (unpaired) electrons. The average molecular weight is 484 g/mol. The number of aromatic nitrogens is 2. The van der Waals surface area contributed by atoms with Gasteiger partial charge in [-0.25, -0.2) is 4.98 Å². The molecular weight excluding hydrogens is 450 g/mol. The van der Waals surface area contributed by atoms with Crippen molar-refractivity contribution in [2.24, 2.45) is 11.7 Å². The lowest BCUT2D eigenvalue weighted by atomic mass is 9.91. The third kappa shape index (κ3) is 4.94. The number of piperazine rings is 1. The van der Waals surface area contributed by atoms with Crippen LogP contribution >= 0.6 is 0 Å². The van der Waals surface area contributed by atoms with Crippen LogP contribution in [-0.4, -0.2) is 53.9 Å². The van der Waals surface area contributed by atoms with E-state index in [1.807, 2.05) is 30.3 Å². The smallest absolute Gasteiger partial charge is 0.213 e. The van der Waals surface area contributed by atoms with Crippen LogP contribution in [-0.2, 0) is 13.0 Å². The van der Waals surface area contributed by atoms with Gasteiger partial charge in [0.25, 0.3) is 0 Å². The quantitative estimate of drug-likeness (QED) is 0.421. The van der Waals surface area contributed by atoms with Crippen molar-refractivity contribution < 1.29 is 9.26 Å². The fourth-order valence-corrected chi connectivity index (χ4v) is 5.60. The summed E-state index contributed by atoms with van der Waals surface area (Å²) in [6.07, 6.45) is 3.12. The van der Waals surface area contributed by atoms with E-state index in [-0.39, 0.29) is 0 Å². The molecule has 0 amide bonds. The number of benzene rings is 2. The topological polar surface area (TPSA) is 80.7 Å². The molecule has 7 heteroatoms. The molecule has 2 aliphatic heterocycles. The Morgan fingerprint density at radius 1 is 0.944 bits per heavy atom. The van der Waals surface area contributed by atoms with Gasteiger partial charge in [0, 0.05) is 62.9 Å². The lowest BCUT2D eigenvalue weighted by Crippen LogP contribution is -2.57. The second kappa shape index (κ2) is 10.3. The molecular formula is C29H33N5O2. The van der Waals surface area contributed by atoms with Gasteiger partial charge in [-0.3, -0.25) is 4.90 Å². The van der Waals surface area contributed by atoms with Crippen LogP contribution in [0.3, 0.4) is 0 Å². The number of nitrogens with zero attached hydrogens (tertiary/aromatic N) is 4. The number of pyridine rings is 1. The van der Waals surface area contributed by atoms with E-state index in [1.165, 1.54) is 18.4 Å². The first-order valence-electron chi connectivity index (χ1n) is 12.9. The molecule has 0 saturated carbocycles. The number of para-hydroxylation sites is 1. The zero-order valence-corrected chi connectivity index (χ0v) is 20.6. The zero-order chi connectivity index (χ0) is 24.3. The van der Waals surface area contributed by atoms with Gasteiger partial charge in [0.1, 0.15) is 0 Å². The second-order valence-corrected chi connectivity index (χ2v) is 10.0. The van der Waals surface area contributed by atoms with Gasteiger partial charge >= 0.3 is 0 Å². The van der Waals surface area contributed by atoms with E-state index in [0.29, 0.717) is 31.0 Å². The molecule has 2 saturated heterocycles. The first-order valence-corrected chi connectivity index (χ1v) is 12.9. The zero-order valence-electron chi connectivity index (χ0n) is 20.6. The highest BCUT2D eigenvalue weighted by Gasteiger charge is 2.34. The molecule has 2 fully saturated rings. The molecule has 4 heterocycles. The predicted molar refractivity (Wildman–Crippen MR) is 141 cm³/mol. The first-order chi connectivity index (χ1) is 17.7. The van der Waals surface area contributed by atoms with Gasteiger partial charge in [-0.1, -0.05) is 47.6 Å². The van der Waals surface area contributed by atoms with Crippen molar-refractivity contribution in [3.8, 4) is 5.88 Å². The maximum Gasteiger partial charge on any atom is 0.213 e. The summed E-state index contributed by atoms with van der Waals surface area (Å²) < 4.78 is 11.7. The predicted octanol–water partition coefficient (Wildman–Crippen LogP) is 4.25. The Morgan fingerprint density at radius 2 is 1.83 bits per heavy atom. The largest absolute Gasteiger partial charge is 0.477 e. The molecule has 2 aromatic carbocycles. The summed E-state index contributed by atoms with van der Waals surface area (Å²) in [5.41, 5.74) is 10.0. The number of ether oxygens (including phenoxy) is 1. The number of anilines is 1. The monoisotopic (exact) mass is 483 g/mol. The fraction of sp³-hybridized carbons (Fsp3) is 0.379. The van der Waals surface area contributed by atoms with E-state index >= 15 is 0 Å². The summed E-state index contributed by atoms with van der Waals surface area (Å²) in [6.45, 7) is 5.34. The molecule has 2 unspecified atom stereocenters. The van der Waals surface area contributed by atoms with Crippen LogP contribution in [0.4, 0.5) is 5.82 Å². The van der Waals surface area contributed by atoms with Crippen LogP contribution in [0.2, 0.25) is 0 Å². The fourth-order valence-electron chi connectivity index (χ4n) is 5.60. The molecule has 186 valence electrons. The van der Waals surface area contributed by atoms with E-state index in [0.717, 1.165) is 60.6 Å². The Morgan fingerprint density at radius 3 is 2.78 bits per heavy atom. The van der Waals surface area contributed by atoms with E-state index in [4.69, 9.17) is 20.0 Å². The SMILES string of the molecule is NCc1cccc(Cc2cccc(OCC3CCC4CN(c5noc6ccccc56)CCN4C3)n2)c1. The molecule has 36 heavy (non-hydrogen) atoms.